The quantitative estimate of drug-likeness (QED) is 0.675. The molecule has 1 saturated heterocycles. The zero-order chi connectivity index (χ0) is 20.3. The number of amides is 4. The number of carbonyl (C=O) groups excluding carboxylic acids is 4. The molecule has 2 aliphatic rings. The summed E-state index contributed by atoms with van der Waals surface area (Å²) in [6.45, 7) is 3.41. The van der Waals surface area contributed by atoms with Gasteiger partial charge < -0.3 is 10.2 Å². The number of carbonyl (C=O) groups is 4. The number of hydrogen-bond acceptors (Lipinski definition) is 4. The third-order valence-electron chi connectivity index (χ3n) is 5.23. The number of piperidine rings is 1. The summed E-state index contributed by atoms with van der Waals surface area (Å²) in [4.78, 5) is 51.7. The van der Waals surface area contributed by atoms with Crippen LogP contribution >= 0.6 is 15.9 Å². The van der Waals surface area contributed by atoms with Crippen LogP contribution in [-0.2, 0) is 9.59 Å². The first-order valence-electron chi connectivity index (χ1n) is 9.63. The van der Waals surface area contributed by atoms with Crippen LogP contribution < -0.4 is 5.32 Å². The first-order chi connectivity index (χ1) is 13.4. The molecule has 0 atom stereocenters. The zero-order valence-corrected chi connectivity index (χ0v) is 17.5. The average molecular weight is 450 g/mol. The van der Waals surface area contributed by atoms with Crippen LogP contribution in [0.15, 0.2) is 22.7 Å². The van der Waals surface area contributed by atoms with Crippen molar-refractivity contribution in [2.24, 2.45) is 0 Å². The third-order valence-corrected chi connectivity index (χ3v) is 5.73. The van der Waals surface area contributed by atoms with Crippen molar-refractivity contribution in [3.8, 4) is 0 Å². The summed E-state index contributed by atoms with van der Waals surface area (Å²) in [5.74, 6) is -0.548. The van der Waals surface area contributed by atoms with E-state index < -0.39 is 0 Å². The predicted molar refractivity (Wildman–Crippen MR) is 107 cm³/mol. The topological polar surface area (TPSA) is 86.8 Å². The average Bonchev–Trinajstić information content (AvgIpc) is 2.92. The van der Waals surface area contributed by atoms with E-state index in [1.807, 2.05) is 11.8 Å². The smallest absolute Gasteiger partial charge is 0.261 e. The van der Waals surface area contributed by atoms with Crippen LogP contribution in [0.1, 0.15) is 59.7 Å². The van der Waals surface area contributed by atoms with Gasteiger partial charge in [-0.1, -0.05) is 22.9 Å². The number of imide groups is 1. The number of nitrogens with zero attached hydrogens (tertiary/aromatic N) is 2. The summed E-state index contributed by atoms with van der Waals surface area (Å²) in [6, 6.07) is 5.10. The molecule has 1 aromatic carbocycles. The van der Waals surface area contributed by atoms with Crippen molar-refractivity contribution in [2.45, 2.75) is 45.1 Å². The molecule has 28 heavy (non-hydrogen) atoms. The third kappa shape index (κ3) is 4.43. The standard InChI is InChI=1S/C20H24BrN3O4/c1-2-18(26)23-10-7-14(8-11-23)22-17(25)4-3-9-24-19(27)15-6-5-13(21)12-16(15)20(24)28/h5-6,12,14H,2-4,7-11H2,1H3,(H,22,25). The SMILES string of the molecule is CCC(=O)N1CCC(NC(=O)CCCN2C(=O)c3ccc(Br)cc3C2=O)CC1. The molecule has 3 rings (SSSR count). The van der Waals surface area contributed by atoms with E-state index >= 15 is 0 Å². The lowest BCUT2D eigenvalue weighted by atomic mass is 10.0. The van der Waals surface area contributed by atoms with Crippen LogP contribution in [0.3, 0.4) is 0 Å². The minimum atomic E-state index is -0.310. The number of rotatable bonds is 6. The normalized spacial score (nSPS) is 17.1. The Kier molecular flexibility index (Phi) is 6.49. The molecule has 1 N–H and O–H groups in total. The molecule has 2 heterocycles. The first-order valence-corrected chi connectivity index (χ1v) is 10.4. The van der Waals surface area contributed by atoms with Crippen molar-refractivity contribution in [2.75, 3.05) is 19.6 Å². The van der Waals surface area contributed by atoms with Gasteiger partial charge in [0.25, 0.3) is 11.8 Å². The first kappa shape index (κ1) is 20.5. The number of halogens is 1. The molecule has 0 saturated carbocycles. The van der Waals surface area contributed by atoms with Crippen molar-refractivity contribution in [3.05, 3.63) is 33.8 Å². The molecule has 0 bridgehead atoms. The largest absolute Gasteiger partial charge is 0.353 e. The Morgan fingerprint density at radius 2 is 1.82 bits per heavy atom. The number of likely N-dealkylation sites (tertiary alicyclic amines) is 1. The maximum absolute atomic E-state index is 12.4. The summed E-state index contributed by atoms with van der Waals surface area (Å²) in [5.41, 5.74) is 0.809. The molecule has 0 aliphatic carbocycles. The van der Waals surface area contributed by atoms with E-state index in [-0.39, 0.29) is 42.6 Å². The van der Waals surface area contributed by atoms with Gasteiger partial charge in [0.05, 0.1) is 11.1 Å². The Hall–Kier alpha value is -2.22. The van der Waals surface area contributed by atoms with Crippen LogP contribution in [0, 0.1) is 0 Å². The molecule has 150 valence electrons. The maximum atomic E-state index is 12.4. The van der Waals surface area contributed by atoms with Crippen LogP contribution in [0.5, 0.6) is 0 Å². The zero-order valence-electron chi connectivity index (χ0n) is 15.9. The van der Waals surface area contributed by atoms with E-state index in [9.17, 15) is 19.2 Å². The summed E-state index contributed by atoms with van der Waals surface area (Å²) in [7, 11) is 0. The number of fused-ring (bicyclic) bond motifs is 1. The number of benzene rings is 1. The maximum Gasteiger partial charge on any atom is 0.261 e. The van der Waals surface area contributed by atoms with E-state index in [0.29, 0.717) is 37.1 Å². The molecule has 0 radical (unpaired) electrons. The van der Waals surface area contributed by atoms with E-state index in [1.165, 1.54) is 4.90 Å². The van der Waals surface area contributed by atoms with Crippen molar-refractivity contribution >= 4 is 39.6 Å². The molecule has 1 fully saturated rings. The van der Waals surface area contributed by atoms with Crippen LogP contribution in [0.25, 0.3) is 0 Å². The van der Waals surface area contributed by atoms with Gasteiger partial charge in [0, 0.05) is 43.0 Å². The van der Waals surface area contributed by atoms with Gasteiger partial charge in [0.15, 0.2) is 0 Å². The fourth-order valence-electron chi connectivity index (χ4n) is 3.66. The number of hydrogen-bond donors (Lipinski definition) is 1. The van der Waals surface area contributed by atoms with E-state index in [0.717, 1.165) is 17.3 Å². The Morgan fingerprint density at radius 1 is 1.14 bits per heavy atom. The number of nitrogens with one attached hydrogen (secondary N) is 1. The van der Waals surface area contributed by atoms with Gasteiger partial charge in [-0.25, -0.2) is 0 Å². The van der Waals surface area contributed by atoms with Crippen molar-refractivity contribution in [3.63, 3.8) is 0 Å². The van der Waals surface area contributed by atoms with Gasteiger partial charge in [0.2, 0.25) is 11.8 Å². The molecule has 7 nitrogen and oxygen atoms in total. The summed E-state index contributed by atoms with van der Waals surface area (Å²) < 4.78 is 0.750. The summed E-state index contributed by atoms with van der Waals surface area (Å²) >= 11 is 3.31. The Balaban J connectivity index is 1.42. The molecule has 4 amide bonds. The van der Waals surface area contributed by atoms with Crippen molar-refractivity contribution < 1.29 is 19.2 Å². The molecule has 0 unspecified atom stereocenters. The van der Waals surface area contributed by atoms with Crippen molar-refractivity contribution in [1.29, 1.82) is 0 Å². The van der Waals surface area contributed by atoms with Gasteiger partial charge >= 0.3 is 0 Å². The van der Waals surface area contributed by atoms with E-state index in [2.05, 4.69) is 21.2 Å². The van der Waals surface area contributed by atoms with Crippen molar-refractivity contribution in [1.82, 2.24) is 15.1 Å². The summed E-state index contributed by atoms with van der Waals surface area (Å²) in [6.07, 6.45) is 2.69. The minimum absolute atomic E-state index is 0.0741. The lowest BCUT2D eigenvalue weighted by Crippen LogP contribution is -2.46. The monoisotopic (exact) mass is 449 g/mol. The Bertz CT molecular complexity index is 803. The fraction of sp³-hybridized carbons (Fsp3) is 0.500. The minimum Gasteiger partial charge on any atom is -0.353 e. The van der Waals surface area contributed by atoms with Gasteiger partial charge in [-0.05, 0) is 37.5 Å². The lowest BCUT2D eigenvalue weighted by molar-refractivity contribution is -0.132. The van der Waals surface area contributed by atoms with Crippen LogP contribution in [-0.4, -0.2) is 59.1 Å². The second-order valence-electron chi connectivity index (χ2n) is 7.13. The molecule has 2 aliphatic heterocycles. The second kappa shape index (κ2) is 8.86. The lowest BCUT2D eigenvalue weighted by Gasteiger charge is -2.32. The van der Waals surface area contributed by atoms with Crippen LogP contribution in [0.4, 0.5) is 0 Å². The van der Waals surface area contributed by atoms with Gasteiger partial charge in [-0.3, -0.25) is 24.1 Å². The fourth-order valence-corrected chi connectivity index (χ4v) is 4.02. The highest BCUT2D eigenvalue weighted by Gasteiger charge is 2.35. The molecule has 0 spiro atoms. The molecule has 8 heteroatoms. The molecule has 0 aromatic heterocycles. The molecular weight excluding hydrogens is 426 g/mol. The summed E-state index contributed by atoms with van der Waals surface area (Å²) in [5, 5.41) is 3.00. The molecular formula is C20H24BrN3O4. The Morgan fingerprint density at radius 3 is 2.50 bits per heavy atom. The van der Waals surface area contributed by atoms with E-state index in [1.54, 1.807) is 18.2 Å². The predicted octanol–water partition coefficient (Wildman–Crippen LogP) is 2.34. The molecule has 1 aromatic rings. The van der Waals surface area contributed by atoms with Gasteiger partial charge in [0.1, 0.15) is 0 Å². The van der Waals surface area contributed by atoms with Crippen LogP contribution in [0.2, 0.25) is 0 Å². The highest BCUT2D eigenvalue weighted by Crippen LogP contribution is 2.26. The van der Waals surface area contributed by atoms with Gasteiger partial charge in [-0.2, -0.15) is 0 Å². The van der Waals surface area contributed by atoms with Gasteiger partial charge in [-0.15, -0.1) is 0 Å². The highest BCUT2D eigenvalue weighted by atomic mass is 79.9. The van der Waals surface area contributed by atoms with E-state index in [4.69, 9.17) is 0 Å². The second-order valence-corrected chi connectivity index (χ2v) is 8.05. The highest BCUT2D eigenvalue weighted by molar-refractivity contribution is 9.10. The Labute approximate surface area is 172 Å².